The maximum Gasteiger partial charge on any atom is 0.260 e. The van der Waals surface area contributed by atoms with Crippen LogP contribution in [0.15, 0.2) is 24.3 Å². The molecule has 0 saturated carbocycles. The normalized spacial score (nSPS) is 11.4. The van der Waals surface area contributed by atoms with Gasteiger partial charge in [0.15, 0.2) is 6.61 Å². The number of carbonyl (C=O) groups excluding carboxylic acids is 1. The number of likely N-dealkylation sites (N-methyl/N-ethyl adjacent to an activating group) is 1. The average Bonchev–Trinajstić information content (AvgIpc) is 2.43. The number of nitrogens with two attached hydrogens (primary N) is 1. The lowest BCUT2D eigenvalue weighted by Crippen LogP contribution is -2.42. The molecule has 1 aromatic carbocycles. The Kier molecular flexibility index (Phi) is 8.19. The Labute approximate surface area is 121 Å². The molecule has 1 unspecified atom stereocenters. The summed E-state index contributed by atoms with van der Waals surface area (Å²) < 4.78 is 5.45. The molecule has 0 saturated heterocycles. The molecule has 0 aromatic heterocycles. The van der Waals surface area contributed by atoms with Crippen LogP contribution in [0.2, 0.25) is 0 Å². The van der Waals surface area contributed by atoms with E-state index in [2.05, 4.69) is 6.92 Å². The van der Waals surface area contributed by atoms with Gasteiger partial charge in [-0.15, -0.1) is 12.4 Å². The average molecular weight is 287 g/mol. The number of aryl methyl sites for hydroxylation is 1. The molecule has 1 amide bonds. The van der Waals surface area contributed by atoms with E-state index in [4.69, 9.17) is 10.5 Å². The van der Waals surface area contributed by atoms with E-state index in [1.54, 1.807) is 11.9 Å². The van der Waals surface area contributed by atoms with E-state index in [9.17, 15) is 4.79 Å². The lowest BCUT2D eigenvalue weighted by atomic mass is 10.2. The summed E-state index contributed by atoms with van der Waals surface area (Å²) in [5, 5.41) is 0. The Balaban J connectivity index is 0.00000324. The second kappa shape index (κ2) is 8.77. The van der Waals surface area contributed by atoms with Crippen molar-refractivity contribution in [3.63, 3.8) is 0 Å². The summed E-state index contributed by atoms with van der Waals surface area (Å²) in [4.78, 5) is 13.4. The molecule has 0 aliphatic rings. The van der Waals surface area contributed by atoms with E-state index >= 15 is 0 Å². The van der Waals surface area contributed by atoms with Gasteiger partial charge in [-0.3, -0.25) is 4.79 Å². The van der Waals surface area contributed by atoms with Crippen molar-refractivity contribution in [3.8, 4) is 5.75 Å². The van der Waals surface area contributed by atoms with E-state index in [0.29, 0.717) is 12.3 Å². The van der Waals surface area contributed by atoms with Crippen LogP contribution in [0.1, 0.15) is 19.4 Å². The monoisotopic (exact) mass is 286 g/mol. The number of ether oxygens (including phenoxy) is 1. The van der Waals surface area contributed by atoms with Crippen molar-refractivity contribution in [3.05, 3.63) is 29.8 Å². The van der Waals surface area contributed by atoms with E-state index in [0.717, 1.165) is 6.42 Å². The maximum absolute atomic E-state index is 11.8. The number of nitrogens with zero attached hydrogens (tertiary/aromatic N) is 1. The first-order valence-corrected chi connectivity index (χ1v) is 6.26. The zero-order valence-electron chi connectivity index (χ0n) is 11.8. The number of halogens is 1. The summed E-state index contributed by atoms with van der Waals surface area (Å²) in [5.74, 6) is 0.655. The molecule has 0 aliphatic heterocycles. The summed E-state index contributed by atoms with van der Waals surface area (Å²) in [7, 11) is 1.74. The molecule has 0 fully saturated rings. The fraction of sp³-hybridized carbons (Fsp3) is 0.500. The Hall–Kier alpha value is -1.26. The van der Waals surface area contributed by atoms with Crippen LogP contribution in [0.4, 0.5) is 0 Å². The van der Waals surface area contributed by atoms with Gasteiger partial charge in [0.25, 0.3) is 5.91 Å². The number of hydrogen-bond acceptors (Lipinski definition) is 3. The SMILES string of the molecule is CCc1ccc(OCC(=O)N(C)C(C)CN)cc1.Cl. The highest BCUT2D eigenvalue weighted by Gasteiger charge is 2.14. The minimum atomic E-state index is -0.0625. The van der Waals surface area contributed by atoms with Crippen LogP contribution < -0.4 is 10.5 Å². The molecule has 1 aromatic rings. The summed E-state index contributed by atoms with van der Waals surface area (Å²) in [6.07, 6.45) is 0.996. The van der Waals surface area contributed by atoms with Crippen molar-refractivity contribution in [2.45, 2.75) is 26.3 Å². The zero-order chi connectivity index (χ0) is 13.5. The van der Waals surface area contributed by atoms with E-state index < -0.39 is 0 Å². The molecule has 19 heavy (non-hydrogen) atoms. The van der Waals surface area contributed by atoms with Crippen LogP contribution in [0, 0.1) is 0 Å². The van der Waals surface area contributed by atoms with Crippen LogP contribution >= 0.6 is 12.4 Å². The lowest BCUT2D eigenvalue weighted by Gasteiger charge is -2.23. The van der Waals surface area contributed by atoms with Gasteiger partial charge in [0.05, 0.1) is 0 Å². The van der Waals surface area contributed by atoms with Crippen molar-refractivity contribution in [2.24, 2.45) is 5.73 Å². The van der Waals surface area contributed by atoms with E-state index in [-0.39, 0.29) is 31.0 Å². The minimum Gasteiger partial charge on any atom is -0.484 e. The first-order chi connectivity index (χ1) is 8.58. The summed E-state index contributed by atoms with van der Waals surface area (Å²) >= 11 is 0. The largest absolute Gasteiger partial charge is 0.484 e. The van der Waals surface area contributed by atoms with Gasteiger partial charge in [-0.1, -0.05) is 19.1 Å². The maximum atomic E-state index is 11.8. The Morgan fingerprint density at radius 3 is 2.42 bits per heavy atom. The molecular formula is C14H23ClN2O2. The first kappa shape index (κ1) is 17.7. The summed E-state index contributed by atoms with van der Waals surface area (Å²) in [5.41, 5.74) is 6.77. The molecule has 1 rings (SSSR count). The zero-order valence-corrected chi connectivity index (χ0v) is 12.6. The molecular weight excluding hydrogens is 264 g/mol. The quantitative estimate of drug-likeness (QED) is 0.868. The van der Waals surface area contributed by atoms with Gasteiger partial charge < -0.3 is 15.4 Å². The highest BCUT2D eigenvalue weighted by atomic mass is 35.5. The number of benzene rings is 1. The van der Waals surface area contributed by atoms with Gasteiger partial charge in [-0.2, -0.15) is 0 Å². The van der Waals surface area contributed by atoms with Gasteiger partial charge in [0, 0.05) is 19.6 Å². The Bertz CT molecular complexity index is 382. The fourth-order valence-corrected chi connectivity index (χ4v) is 1.47. The number of carbonyl (C=O) groups is 1. The van der Waals surface area contributed by atoms with Crippen molar-refractivity contribution in [1.82, 2.24) is 4.90 Å². The predicted octanol–water partition coefficient (Wildman–Crippen LogP) is 1.86. The van der Waals surface area contributed by atoms with E-state index in [1.807, 2.05) is 31.2 Å². The standard InChI is InChI=1S/C14H22N2O2.ClH/c1-4-12-5-7-13(8-6-12)18-10-14(17)16(3)11(2)9-15;/h5-8,11H,4,9-10,15H2,1-3H3;1H. The molecule has 0 aliphatic carbocycles. The van der Waals surface area contributed by atoms with Crippen LogP contribution in [0.25, 0.3) is 0 Å². The van der Waals surface area contributed by atoms with Crippen LogP contribution in [0.3, 0.4) is 0 Å². The molecule has 5 heteroatoms. The second-order valence-electron chi connectivity index (χ2n) is 4.38. The molecule has 1 atom stereocenters. The number of rotatable bonds is 6. The minimum absolute atomic E-state index is 0. The van der Waals surface area contributed by atoms with Crippen molar-refractivity contribution in [1.29, 1.82) is 0 Å². The van der Waals surface area contributed by atoms with Crippen molar-refractivity contribution >= 4 is 18.3 Å². The Morgan fingerprint density at radius 1 is 1.37 bits per heavy atom. The fourth-order valence-electron chi connectivity index (χ4n) is 1.47. The first-order valence-electron chi connectivity index (χ1n) is 6.26. The predicted molar refractivity (Wildman–Crippen MR) is 79.8 cm³/mol. The molecule has 108 valence electrons. The third-order valence-electron chi connectivity index (χ3n) is 3.09. The second-order valence-corrected chi connectivity index (χ2v) is 4.38. The smallest absolute Gasteiger partial charge is 0.260 e. The number of hydrogen-bond donors (Lipinski definition) is 1. The van der Waals surface area contributed by atoms with Crippen molar-refractivity contribution < 1.29 is 9.53 Å². The van der Waals surface area contributed by atoms with Crippen LogP contribution in [0.5, 0.6) is 5.75 Å². The van der Waals surface area contributed by atoms with Crippen LogP contribution in [-0.4, -0.2) is 37.0 Å². The third kappa shape index (κ3) is 5.49. The highest BCUT2D eigenvalue weighted by molar-refractivity contribution is 5.85. The highest BCUT2D eigenvalue weighted by Crippen LogP contribution is 2.12. The lowest BCUT2D eigenvalue weighted by molar-refractivity contribution is -0.133. The summed E-state index contributed by atoms with van der Waals surface area (Å²) in [6.45, 7) is 4.51. The van der Waals surface area contributed by atoms with E-state index in [1.165, 1.54) is 5.56 Å². The molecule has 0 spiro atoms. The van der Waals surface area contributed by atoms with Crippen LogP contribution in [-0.2, 0) is 11.2 Å². The Morgan fingerprint density at radius 2 is 1.95 bits per heavy atom. The number of amides is 1. The van der Waals surface area contributed by atoms with Gasteiger partial charge in [0.2, 0.25) is 0 Å². The van der Waals surface area contributed by atoms with Gasteiger partial charge in [-0.25, -0.2) is 0 Å². The topological polar surface area (TPSA) is 55.6 Å². The molecule has 2 N–H and O–H groups in total. The molecule has 0 radical (unpaired) electrons. The van der Waals surface area contributed by atoms with Crippen molar-refractivity contribution in [2.75, 3.05) is 20.2 Å². The molecule has 0 bridgehead atoms. The van der Waals surface area contributed by atoms with Gasteiger partial charge in [-0.05, 0) is 31.0 Å². The summed E-state index contributed by atoms with van der Waals surface area (Å²) in [6, 6.07) is 7.82. The third-order valence-corrected chi connectivity index (χ3v) is 3.09. The van der Waals surface area contributed by atoms with Gasteiger partial charge >= 0.3 is 0 Å². The van der Waals surface area contributed by atoms with Gasteiger partial charge in [0.1, 0.15) is 5.75 Å². The molecule has 4 nitrogen and oxygen atoms in total. The molecule has 0 heterocycles.